The number of carbonyl (C=O) groups excluding carboxylic acids is 1. The summed E-state index contributed by atoms with van der Waals surface area (Å²) in [6, 6.07) is 0. The molecule has 0 aliphatic rings. The van der Waals surface area contributed by atoms with Crippen LogP contribution in [-0.2, 0) is 13.1 Å². The van der Waals surface area contributed by atoms with E-state index in [2.05, 4.69) is 36.7 Å². The molecule has 7 nitrogen and oxygen atoms in total. The molecule has 2 aromatic rings. The molecule has 0 atom stereocenters. The predicted molar refractivity (Wildman–Crippen MR) is 78.5 cm³/mol. The first-order valence-electron chi connectivity index (χ1n) is 6.34. The lowest BCUT2D eigenvalue weighted by molar-refractivity contribution is 0.0948. The van der Waals surface area contributed by atoms with E-state index >= 15 is 0 Å². The maximum atomic E-state index is 13.7. The van der Waals surface area contributed by atoms with Gasteiger partial charge in [-0.1, -0.05) is 0 Å². The fraction of sp³-hybridized carbons (Fsp3) is 0.333. The van der Waals surface area contributed by atoms with Crippen LogP contribution in [0.25, 0.3) is 0 Å². The molecule has 9 heteroatoms. The highest BCUT2D eigenvalue weighted by Gasteiger charge is 2.14. The normalized spacial score (nSPS) is 11.2. The first-order chi connectivity index (χ1) is 10.1. The van der Waals surface area contributed by atoms with E-state index in [1.807, 2.05) is 6.92 Å². The van der Waals surface area contributed by atoms with Gasteiger partial charge in [0, 0.05) is 19.3 Å². The molecule has 0 fully saturated rings. The van der Waals surface area contributed by atoms with Crippen LogP contribution in [0.2, 0.25) is 0 Å². The number of carbonyl (C=O) groups is 1. The number of hydrazone groups is 1. The Balaban J connectivity index is 2.04. The van der Waals surface area contributed by atoms with Crippen LogP contribution < -0.4 is 5.43 Å². The lowest BCUT2D eigenvalue weighted by Crippen LogP contribution is -2.19. The Bertz CT molecular complexity index is 677. The molecule has 1 amide bonds. The van der Waals surface area contributed by atoms with Crippen molar-refractivity contribution in [2.75, 3.05) is 0 Å². The van der Waals surface area contributed by atoms with Crippen molar-refractivity contribution in [1.82, 2.24) is 25.0 Å². The van der Waals surface area contributed by atoms with Crippen LogP contribution in [0.5, 0.6) is 0 Å². The number of halogens is 2. The third kappa shape index (κ3) is 3.35. The molecule has 112 valence electrons. The number of hydrogen-bond donors (Lipinski definition) is 1. The highest BCUT2D eigenvalue weighted by molar-refractivity contribution is 9.10. The Morgan fingerprint density at radius 1 is 1.52 bits per heavy atom. The second kappa shape index (κ2) is 6.61. The number of rotatable bonds is 5. The molecule has 2 rings (SSSR count). The van der Waals surface area contributed by atoms with E-state index in [1.165, 1.54) is 17.1 Å². The fourth-order valence-electron chi connectivity index (χ4n) is 1.62. The third-order valence-electron chi connectivity index (χ3n) is 2.73. The molecule has 1 N–H and O–H groups in total. The van der Waals surface area contributed by atoms with Gasteiger partial charge in [0.1, 0.15) is 0 Å². The Labute approximate surface area is 129 Å². The van der Waals surface area contributed by atoms with Gasteiger partial charge in [0.2, 0.25) is 5.95 Å². The molecule has 0 aromatic carbocycles. The van der Waals surface area contributed by atoms with E-state index < -0.39 is 11.9 Å². The monoisotopic (exact) mass is 356 g/mol. The van der Waals surface area contributed by atoms with Crippen molar-refractivity contribution in [2.45, 2.75) is 26.9 Å². The van der Waals surface area contributed by atoms with Crippen LogP contribution >= 0.6 is 15.9 Å². The van der Waals surface area contributed by atoms with Gasteiger partial charge in [0.25, 0.3) is 5.91 Å². The summed E-state index contributed by atoms with van der Waals surface area (Å²) < 4.78 is 17.1. The van der Waals surface area contributed by atoms with Crippen molar-refractivity contribution in [3.63, 3.8) is 0 Å². The SMILES string of the molecule is CCn1cc(Br)c(C(=O)N/N=C\c2cnn(CC)c2F)n1. The number of nitrogens with zero attached hydrogens (tertiary/aromatic N) is 5. The van der Waals surface area contributed by atoms with E-state index in [0.29, 0.717) is 17.6 Å². The van der Waals surface area contributed by atoms with Crippen molar-refractivity contribution in [3.8, 4) is 0 Å². The number of aromatic nitrogens is 4. The van der Waals surface area contributed by atoms with E-state index in [0.717, 1.165) is 0 Å². The first-order valence-corrected chi connectivity index (χ1v) is 7.13. The molecule has 0 saturated carbocycles. The van der Waals surface area contributed by atoms with Gasteiger partial charge in [0.05, 0.1) is 22.4 Å². The molecule has 0 spiro atoms. The molecule has 0 radical (unpaired) electrons. The average molecular weight is 357 g/mol. The van der Waals surface area contributed by atoms with Crippen LogP contribution in [0.4, 0.5) is 4.39 Å². The van der Waals surface area contributed by atoms with E-state index in [1.54, 1.807) is 17.8 Å². The van der Waals surface area contributed by atoms with Crippen molar-refractivity contribution >= 4 is 28.1 Å². The molecular formula is C12H14BrFN6O. The molecule has 2 heterocycles. The summed E-state index contributed by atoms with van der Waals surface area (Å²) in [6.45, 7) is 4.76. The summed E-state index contributed by atoms with van der Waals surface area (Å²) in [4.78, 5) is 11.9. The van der Waals surface area contributed by atoms with Crippen LogP contribution in [0.1, 0.15) is 29.9 Å². The summed E-state index contributed by atoms with van der Waals surface area (Å²) in [5.41, 5.74) is 2.73. The zero-order chi connectivity index (χ0) is 15.4. The van der Waals surface area contributed by atoms with Crippen LogP contribution in [-0.4, -0.2) is 31.7 Å². The molecule has 21 heavy (non-hydrogen) atoms. The van der Waals surface area contributed by atoms with Crippen LogP contribution in [0.3, 0.4) is 0 Å². The second-order valence-electron chi connectivity index (χ2n) is 4.09. The summed E-state index contributed by atoms with van der Waals surface area (Å²) in [7, 11) is 0. The number of amides is 1. The lowest BCUT2D eigenvalue weighted by Gasteiger charge is -1.97. The van der Waals surface area contributed by atoms with E-state index in [4.69, 9.17) is 0 Å². The van der Waals surface area contributed by atoms with Gasteiger partial charge in [-0.05, 0) is 29.8 Å². The van der Waals surface area contributed by atoms with Gasteiger partial charge in [-0.25, -0.2) is 10.1 Å². The minimum absolute atomic E-state index is 0.204. The predicted octanol–water partition coefficient (Wildman–Crippen LogP) is 1.78. The summed E-state index contributed by atoms with van der Waals surface area (Å²) in [6.07, 6.45) is 4.25. The summed E-state index contributed by atoms with van der Waals surface area (Å²) in [5, 5.41) is 11.6. The molecule has 0 unspecified atom stereocenters. The average Bonchev–Trinajstić information content (AvgIpc) is 3.02. The van der Waals surface area contributed by atoms with Crippen molar-refractivity contribution < 1.29 is 9.18 Å². The quantitative estimate of drug-likeness (QED) is 0.655. The van der Waals surface area contributed by atoms with Crippen molar-refractivity contribution in [2.24, 2.45) is 5.10 Å². The van der Waals surface area contributed by atoms with E-state index in [9.17, 15) is 9.18 Å². The van der Waals surface area contributed by atoms with Crippen LogP contribution in [0, 0.1) is 5.95 Å². The summed E-state index contributed by atoms with van der Waals surface area (Å²) in [5.74, 6) is -0.972. The third-order valence-corrected chi connectivity index (χ3v) is 3.31. The number of hydrogen-bond acceptors (Lipinski definition) is 4. The van der Waals surface area contributed by atoms with Gasteiger partial charge in [-0.2, -0.15) is 19.7 Å². The molecular weight excluding hydrogens is 343 g/mol. The molecule has 0 aliphatic heterocycles. The molecule has 0 bridgehead atoms. The summed E-state index contributed by atoms with van der Waals surface area (Å²) >= 11 is 3.25. The number of nitrogens with one attached hydrogen (secondary N) is 1. The van der Waals surface area contributed by atoms with Crippen molar-refractivity contribution in [1.29, 1.82) is 0 Å². The first kappa shape index (κ1) is 15.4. The Kier molecular flexibility index (Phi) is 4.84. The molecule has 0 saturated heterocycles. The maximum absolute atomic E-state index is 13.7. The molecule has 0 aliphatic carbocycles. The number of aryl methyl sites for hydroxylation is 2. The van der Waals surface area contributed by atoms with Gasteiger partial charge >= 0.3 is 0 Å². The largest absolute Gasteiger partial charge is 0.293 e. The highest BCUT2D eigenvalue weighted by Crippen LogP contribution is 2.14. The van der Waals surface area contributed by atoms with Gasteiger partial charge in [-0.3, -0.25) is 9.48 Å². The standard InChI is InChI=1S/C12H14BrFN6O/c1-3-19-7-9(13)10(18-19)12(21)17-15-5-8-6-16-20(4-2)11(8)14/h5-7H,3-4H2,1-2H3,(H,17,21)/b15-5-. The second-order valence-corrected chi connectivity index (χ2v) is 4.94. The van der Waals surface area contributed by atoms with Gasteiger partial charge in [-0.15, -0.1) is 0 Å². The fourth-order valence-corrected chi connectivity index (χ4v) is 2.11. The molecule has 2 aromatic heterocycles. The zero-order valence-electron chi connectivity index (χ0n) is 11.5. The van der Waals surface area contributed by atoms with E-state index in [-0.39, 0.29) is 11.3 Å². The Morgan fingerprint density at radius 3 is 2.86 bits per heavy atom. The zero-order valence-corrected chi connectivity index (χ0v) is 13.1. The highest BCUT2D eigenvalue weighted by atomic mass is 79.9. The minimum Gasteiger partial charge on any atom is -0.271 e. The smallest absolute Gasteiger partial charge is 0.271 e. The Hall–Kier alpha value is -2.03. The van der Waals surface area contributed by atoms with Gasteiger partial charge < -0.3 is 0 Å². The topological polar surface area (TPSA) is 77.1 Å². The van der Waals surface area contributed by atoms with Gasteiger partial charge in [0.15, 0.2) is 5.69 Å². The maximum Gasteiger partial charge on any atom is 0.293 e. The Morgan fingerprint density at radius 2 is 2.29 bits per heavy atom. The van der Waals surface area contributed by atoms with Crippen molar-refractivity contribution in [3.05, 3.63) is 34.1 Å². The minimum atomic E-state index is -0.494. The lowest BCUT2D eigenvalue weighted by atomic mass is 10.4. The van der Waals surface area contributed by atoms with Crippen LogP contribution in [0.15, 0.2) is 22.0 Å².